The molecule has 1 aromatic rings. The fourth-order valence-corrected chi connectivity index (χ4v) is 3.45. The minimum Gasteiger partial charge on any atom is -0.398 e. The Morgan fingerprint density at radius 1 is 1.26 bits per heavy atom. The largest absolute Gasteiger partial charge is 0.398 e. The van der Waals surface area contributed by atoms with Crippen molar-refractivity contribution in [3.63, 3.8) is 0 Å². The van der Waals surface area contributed by atoms with Gasteiger partial charge >= 0.3 is 0 Å². The Hall–Kier alpha value is -1.11. The SMILES string of the molecule is Cc1cccc(N)c1S(=O)(=O)N(C)CCCCCO. The zero-order valence-corrected chi connectivity index (χ0v) is 12.3. The Morgan fingerprint density at radius 2 is 1.95 bits per heavy atom. The predicted octanol–water partition coefficient (Wildman–Crippen LogP) is 1.36. The molecular formula is C13H22N2O3S. The fraction of sp³-hybridized carbons (Fsp3) is 0.538. The number of nitrogens with zero attached hydrogens (tertiary/aromatic N) is 1. The first-order valence-corrected chi connectivity index (χ1v) is 7.77. The normalized spacial score (nSPS) is 12.0. The van der Waals surface area contributed by atoms with Crippen LogP contribution in [0.15, 0.2) is 23.1 Å². The zero-order chi connectivity index (χ0) is 14.5. The lowest BCUT2D eigenvalue weighted by molar-refractivity contribution is 0.281. The van der Waals surface area contributed by atoms with E-state index in [9.17, 15) is 8.42 Å². The first-order chi connectivity index (χ1) is 8.91. The quantitative estimate of drug-likeness (QED) is 0.585. The zero-order valence-electron chi connectivity index (χ0n) is 11.5. The third-order valence-electron chi connectivity index (χ3n) is 3.04. The maximum atomic E-state index is 12.4. The van der Waals surface area contributed by atoms with Gasteiger partial charge in [-0.05, 0) is 37.8 Å². The Kier molecular flexibility index (Phi) is 5.78. The van der Waals surface area contributed by atoms with Gasteiger partial charge in [-0.1, -0.05) is 12.1 Å². The fourth-order valence-electron chi connectivity index (χ4n) is 1.93. The molecule has 0 amide bonds. The highest BCUT2D eigenvalue weighted by atomic mass is 32.2. The third kappa shape index (κ3) is 3.92. The summed E-state index contributed by atoms with van der Waals surface area (Å²) in [4.78, 5) is 0.194. The Morgan fingerprint density at radius 3 is 2.53 bits per heavy atom. The summed E-state index contributed by atoms with van der Waals surface area (Å²) in [5, 5.41) is 8.69. The molecule has 0 bridgehead atoms. The molecule has 19 heavy (non-hydrogen) atoms. The summed E-state index contributed by atoms with van der Waals surface area (Å²) in [5.74, 6) is 0. The highest BCUT2D eigenvalue weighted by Gasteiger charge is 2.24. The minimum absolute atomic E-state index is 0.140. The van der Waals surface area contributed by atoms with Crippen molar-refractivity contribution >= 4 is 15.7 Å². The van der Waals surface area contributed by atoms with Crippen molar-refractivity contribution in [2.24, 2.45) is 0 Å². The molecular weight excluding hydrogens is 264 g/mol. The molecule has 0 aromatic heterocycles. The van der Waals surface area contributed by atoms with E-state index in [4.69, 9.17) is 10.8 Å². The lowest BCUT2D eigenvalue weighted by Gasteiger charge is -2.19. The van der Waals surface area contributed by atoms with Crippen molar-refractivity contribution in [2.75, 3.05) is 25.9 Å². The number of anilines is 1. The number of aliphatic hydroxyl groups excluding tert-OH is 1. The second kappa shape index (κ2) is 6.88. The number of benzene rings is 1. The van der Waals surface area contributed by atoms with Crippen molar-refractivity contribution in [1.29, 1.82) is 0 Å². The first kappa shape index (κ1) is 15.9. The average molecular weight is 286 g/mol. The van der Waals surface area contributed by atoms with E-state index < -0.39 is 10.0 Å². The average Bonchev–Trinajstić information content (AvgIpc) is 2.33. The number of sulfonamides is 1. The smallest absolute Gasteiger partial charge is 0.245 e. The molecule has 0 aliphatic heterocycles. The highest BCUT2D eigenvalue weighted by molar-refractivity contribution is 7.89. The van der Waals surface area contributed by atoms with Crippen LogP contribution in [0.1, 0.15) is 24.8 Å². The molecule has 5 nitrogen and oxygen atoms in total. The van der Waals surface area contributed by atoms with Gasteiger partial charge in [0.2, 0.25) is 10.0 Å². The molecule has 0 saturated carbocycles. The second-order valence-corrected chi connectivity index (χ2v) is 6.59. The standard InChI is InChI=1S/C13H22N2O3S/c1-11-7-6-8-12(14)13(11)19(17,18)15(2)9-4-3-5-10-16/h6-8,16H,3-5,9-10,14H2,1-2H3. The van der Waals surface area contributed by atoms with Gasteiger partial charge < -0.3 is 10.8 Å². The molecule has 0 spiro atoms. The Balaban J connectivity index is 2.85. The number of nitrogen functional groups attached to an aromatic ring is 1. The van der Waals surface area contributed by atoms with Gasteiger partial charge in [0.1, 0.15) is 4.90 Å². The third-order valence-corrected chi connectivity index (χ3v) is 5.12. The van der Waals surface area contributed by atoms with Crippen molar-refractivity contribution in [1.82, 2.24) is 4.31 Å². The van der Waals surface area contributed by atoms with Crippen LogP contribution in [-0.4, -0.2) is 38.0 Å². The van der Waals surface area contributed by atoms with Crippen LogP contribution >= 0.6 is 0 Å². The summed E-state index contributed by atoms with van der Waals surface area (Å²) in [6.45, 7) is 2.31. The number of unbranched alkanes of at least 4 members (excludes halogenated alkanes) is 2. The molecule has 0 radical (unpaired) electrons. The second-order valence-electron chi connectivity index (χ2n) is 4.60. The van der Waals surface area contributed by atoms with Gasteiger partial charge in [0.15, 0.2) is 0 Å². The van der Waals surface area contributed by atoms with Crippen LogP contribution in [0, 0.1) is 6.92 Å². The number of aryl methyl sites for hydroxylation is 1. The Bertz CT molecular complexity index is 494. The van der Waals surface area contributed by atoms with Crippen LogP contribution in [-0.2, 0) is 10.0 Å². The van der Waals surface area contributed by atoms with Crippen molar-refractivity contribution in [3.05, 3.63) is 23.8 Å². The molecule has 0 heterocycles. The van der Waals surface area contributed by atoms with E-state index in [0.29, 0.717) is 18.5 Å². The van der Waals surface area contributed by atoms with Crippen LogP contribution in [0.2, 0.25) is 0 Å². The molecule has 0 unspecified atom stereocenters. The topological polar surface area (TPSA) is 83.6 Å². The molecule has 0 atom stereocenters. The molecule has 0 aliphatic carbocycles. The predicted molar refractivity (Wildman–Crippen MR) is 76.3 cm³/mol. The minimum atomic E-state index is -3.54. The van der Waals surface area contributed by atoms with Gasteiger partial charge in [0.25, 0.3) is 0 Å². The van der Waals surface area contributed by atoms with Crippen molar-refractivity contribution in [2.45, 2.75) is 31.1 Å². The number of rotatable bonds is 7. The van der Waals surface area contributed by atoms with Crippen LogP contribution in [0.4, 0.5) is 5.69 Å². The van der Waals surface area contributed by atoms with Gasteiger partial charge in [-0.25, -0.2) is 12.7 Å². The molecule has 6 heteroatoms. The van der Waals surface area contributed by atoms with E-state index in [1.807, 2.05) is 0 Å². The maximum Gasteiger partial charge on any atom is 0.245 e. The molecule has 108 valence electrons. The molecule has 1 aromatic carbocycles. The van der Waals surface area contributed by atoms with Gasteiger partial charge in [0.05, 0.1) is 5.69 Å². The number of nitrogens with two attached hydrogens (primary N) is 1. The van der Waals surface area contributed by atoms with Crippen LogP contribution in [0.5, 0.6) is 0 Å². The van der Waals surface area contributed by atoms with Crippen LogP contribution in [0.25, 0.3) is 0 Å². The lowest BCUT2D eigenvalue weighted by atomic mass is 10.2. The van der Waals surface area contributed by atoms with E-state index >= 15 is 0 Å². The van der Waals surface area contributed by atoms with Crippen LogP contribution in [0.3, 0.4) is 0 Å². The number of hydrogen-bond acceptors (Lipinski definition) is 4. The monoisotopic (exact) mass is 286 g/mol. The van der Waals surface area contributed by atoms with Crippen molar-refractivity contribution < 1.29 is 13.5 Å². The summed E-state index contributed by atoms with van der Waals surface area (Å²) in [6, 6.07) is 5.08. The van der Waals surface area contributed by atoms with E-state index in [-0.39, 0.29) is 17.2 Å². The van der Waals surface area contributed by atoms with E-state index in [1.165, 1.54) is 4.31 Å². The highest BCUT2D eigenvalue weighted by Crippen LogP contribution is 2.25. The first-order valence-electron chi connectivity index (χ1n) is 6.33. The van der Waals surface area contributed by atoms with Gasteiger partial charge in [0, 0.05) is 20.2 Å². The summed E-state index contributed by atoms with van der Waals surface area (Å²) >= 11 is 0. The van der Waals surface area contributed by atoms with E-state index in [0.717, 1.165) is 12.8 Å². The van der Waals surface area contributed by atoms with E-state index in [2.05, 4.69) is 0 Å². The molecule has 0 aliphatic rings. The number of hydrogen-bond donors (Lipinski definition) is 2. The molecule has 3 N–H and O–H groups in total. The molecule has 0 saturated heterocycles. The van der Waals surface area contributed by atoms with Gasteiger partial charge in [-0.15, -0.1) is 0 Å². The molecule has 1 rings (SSSR count). The molecule has 0 fully saturated rings. The summed E-state index contributed by atoms with van der Waals surface area (Å²) < 4.78 is 26.2. The lowest BCUT2D eigenvalue weighted by Crippen LogP contribution is -2.29. The Labute approximate surface area is 115 Å². The maximum absolute atomic E-state index is 12.4. The van der Waals surface area contributed by atoms with E-state index in [1.54, 1.807) is 32.2 Å². The van der Waals surface area contributed by atoms with Crippen molar-refractivity contribution in [3.8, 4) is 0 Å². The summed E-state index contributed by atoms with van der Waals surface area (Å²) in [5.41, 5.74) is 6.72. The summed E-state index contributed by atoms with van der Waals surface area (Å²) in [7, 11) is -1.99. The number of aliphatic hydroxyl groups is 1. The van der Waals surface area contributed by atoms with Gasteiger partial charge in [-0.3, -0.25) is 0 Å². The van der Waals surface area contributed by atoms with Gasteiger partial charge in [-0.2, -0.15) is 0 Å². The van der Waals surface area contributed by atoms with Crippen LogP contribution < -0.4 is 5.73 Å². The summed E-state index contributed by atoms with van der Waals surface area (Å²) in [6.07, 6.45) is 2.22.